The molecule has 1 amide bonds. The summed E-state index contributed by atoms with van der Waals surface area (Å²) in [6.07, 6.45) is 17.8. The largest absolute Gasteiger partial charge is 0.345 e. The van der Waals surface area contributed by atoms with E-state index in [0.717, 1.165) is 6.42 Å². The smallest absolute Gasteiger partial charge is 0.243 e. The van der Waals surface area contributed by atoms with Gasteiger partial charge in [0.25, 0.3) is 0 Å². The third-order valence-electron chi connectivity index (χ3n) is 8.04. The molecule has 0 bridgehead atoms. The number of hydrogen-bond donors (Lipinski definition) is 1. The fraction of sp³-hybridized carbons (Fsp3) is 0.545. The van der Waals surface area contributed by atoms with Crippen molar-refractivity contribution in [3.8, 4) is 0 Å². The van der Waals surface area contributed by atoms with Crippen molar-refractivity contribution in [3.05, 3.63) is 83.1 Å². The van der Waals surface area contributed by atoms with Crippen molar-refractivity contribution < 1.29 is 4.79 Å². The van der Waals surface area contributed by atoms with Gasteiger partial charge in [-0.15, -0.1) is 0 Å². The van der Waals surface area contributed by atoms with E-state index in [1.165, 1.54) is 105 Å². The monoisotopic (exact) mass is 503 g/mol. The Balaban J connectivity index is 1.73. The SMILES string of the molecule is CCCC[Si]1(C=CC(=O)NC(Cc2ccc(C)cc2)c2ccccc2)CCCCCCCCCCC1. The second-order valence-corrected chi connectivity index (χ2v) is 15.7. The second kappa shape index (κ2) is 15.9. The van der Waals surface area contributed by atoms with Crippen LogP contribution < -0.4 is 5.32 Å². The Morgan fingerprint density at radius 3 is 2.03 bits per heavy atom. The first kappa shape index (κ1) is 28.4. The summed E-state index contributed by atoms with van der Waals surface area (Å²) in [5, 5.41) is 3.37. The number of carbonyl (C=O) groups excluding carboxylic acids is 1. The molecule has 0 radical (unpaired) electrons. The molecule has 1 saturated heterocycles. The van der Waals surface area contributed by atoms with Crippen LogP contribution >= 0.6 is 0 Å². The highest BCUT2D eigenvalue weighted by Gasteiger charge is 2.29. The normalized spacial score (nSPS) is 18.2. The number of aryl methyl sites for hydroxylation is 1. The lowest BCUT2D eigenvalue weighted by atomic mass is 9.98. The van der Waals surface area contributed by atoms with Crippen molar-refractivity contribution in [1.29, 1.82) is 0 Å². The molecule has 1 unspecified atom stereocenters. The Morgan fingerprint density at radius 1 is 0.861 bits per heavy atom. The minimum absolute atomic E-state index is 0.0179. The van der Waals surface area contributed by atoms with E-state index in [4.69, 9.17) is 0 Å². The predicted molar refractivity (Wildman–Crippen MR) is 158 cm³/mol. The van der Waals surface area contributed by atoms with Crippen LogP contribution in [0, 0.1) is 6.92 Å². The molecular formula is C33H49NOSi. The average molecular weight is 504 g/mol. The molecule has 196 valence electrons. The molecule has 2 aromatic rings. The fourth-order valence-corrected chi connectivity index (χ4v) is 10.4. The van der Waals surface area contributed by atoms with E-state index in [1.54, 1.807) is 0 Å². The second-order valence-electron chi connectivity index (χ2n) is 11.1. The molecule has 36 heavy (non-hydrogen) atoms. The molecule has 0 saturated carbocycles. The van der Waals surface area contributed by atoms with E-state index in [9.17, 15) is 4.79 Å². The van der Waals surface area contributed by atoms with Crippen LogP contribution in [-0.4, -0.2) is 14.0 Å². The zero-order chi connectivity index (χ0) is 25.5. The van der Waals surface area contributed by atoms with Crippen LogP contribution in [-0.2, 0) is 11.2 Å². The van der Waals surface area contributed by atoms with Crippen molar-refractivity contribution in [2.24, 2.45) is 0 Å². The van der Waals surface area contributed by atoms with Crippen LogP contribution in [0.5, 0.6) is 0 Å². The highest BCUT2D eigenvalue weighted by Crippen LogP contribution is 2.31. The van der Waals surface area contributed by atoms with E-state index in [-0.39, 0.29) is 11.9 Å². The van der Waals surface area contributed by atoms with Crippen LogP contribution in [0.15, 0.2) is 66.4 Å². The number of nitrogens with one attached hydrogen (secondary N) is 1. The molecule has 0 spiro atoms. The minimum Gasteiger partial charge on any atom is -0.345 e. The molecule has 1 aliphatic heterocycles. The van der Waals surface area contributed by atoms with Gasteiger partial charge in [0.05, 0.1) is 14.1 Å². The molecular weight excluding hydrogens is 454 g/mol. The average Bonchev–Trinajstić information content (AvgIpc) is 2.89. The lowest BCUT2D eigenvalue weighted by Gasteiger charge is -2.29. The topological polar surface area (TPSA) is 29.1 Å². The summed E-state index contributed by atoms with van der Waals surface area (Å²) in [6.45, 7) is 4.43. The van der Waals surface area contributed by atoms with Crippen molar-refractivity contribution >= 4 is 14.0 Å². The lowest BCUT2D eigenvalue weighted by molar-refractivity contribution is -0.117. The minimum atomic E-state index is -1.59. The van der Waals surface area contributed by atoms with E-state index in [0.29, 0.717) is 0 Å². The Bertz CT molecular complexity index is 893. The first-order chi connectivity index (χ1) is 17.6. The molecule has 1 heterocycles. The molecule has 1 atom stereocenters. The van der Waals surface area contributed by atoms with Crippen molar-refractivity contribution in [1.82, 2.24) is 5.32 Å². The van der Waals surface area contributed by atoms with Gasteiger partial charge in [0, 0.05) is 0 Å². The quantitative estimate of drug-likeness (QED) is 0.268. The van der Waals surface area contributed by atoms with E-state index < -0.39 is 8.07 Å². The summed E-state index contributed by atoms with van der Waals surface area (Å²) < 4.78 is 0. The molecule has 3 rings (SSSR count). The summed E-state index contributed by atoms with van der Waals surface area (Å²) in [5.74, 6) is 0.0745. The number of rotatable bonds is 9. The van der Waals surface area contributed by atoms with Crippen molar-refractivity contribution in [2.45, 2.75) is 115 Å². The summed E-state index contributed by atoms with van der Waals surface area (Å²) >= 11 is 0. The first-order valence-electron chi connectivity index (χ1n) is 14.7. The first-order valence-corrected chi connectivity index (χ1v) is 17.4. The Labute approximate surface area is 222 Å². The summed E-state index contributed by atoms with van der Waals surface area (Å²) in [4.78, 5) is 13.3. The number of unbranched alkanes of at least 4 members (excludes halogenated alkanes) is 1. The maximum Gasteiger partial charge on any atom is 0.243 e. The maximum absolute atomic E-state index is 13.3. The standard InChI is InChI=1S/C33H49NOSi/c1-3-4-24-36(25-15-10-8-6-5-7-9-11-16-26-36)27-23-33(35)34-32(31-17-13-12-14-18-31)28-30-21-19-29(2)20-22-30/h12-14,17-23,27,32H,3-11,15-16,24-26,28H2,1-2H3,(H,34,35). The molecule has 1 fully saturated rings. The third-order valence-corrected chi connectivity index (χ3v) is 13.0. The number of amides is 1. The summed E-state index contributed by atoms with van der Waals surface area (Å²) in [6, 6.07) is 23.2. The van der Waals surface area contributed by atoms with Gasteiger partial charge in [-0.3, -0.25) is 4.79 Å². The van der Waals surface area contributed by atoms with Gasteiger partial charge in [-0.1, -0.05) is 162 Å². The Hall–Kier alpha value is -2.13. The zero-order valence-corrected chi connectivity index (χ0v) is 23.9. The van der Waals surface area contributed by atoms with Gasteiger partial charge >= 0.3 is 0 Å². The number of carbonyl (C=O) groups is 1. The van der Waals surface area contributed by atoms with E-state index in [2.05, 4.69) is 73.4 Å². The van der Waals surface area contributed by atoms with Gasteiger partial charge in [-0.25, -0.2) is 0 Å². The summed E-state index contributed by atoms with van der Waals surface area (Å²) in [7, 11) is -1.59. The van der Waals surface area contributed by atoms with Gasteiger partial charge < -0.3 is 5.32 Å². The van der Waals surface area contributed by atoms with Crippen molar-refractivity contribution in [2.75, 3.05) is 0 Å². The maximum atomic E-state index is 13.3. The van der Waals surface area contributed by atoms with Gasteiger partial charge in [0.15, 0.2) is 0 Å². The van der Waals surface area contributed by atoms with Gasteiger partial charge in [-0.05, 0) is 30.5 Å². The highest BCUT2D eigenvalue weighted by atomic mass is 28.3. The number of hydrogen-bond acceptors (Lipinski definition) is 1. The van der Waals surface area contributed by atoms with Gasteiger partial charge in [-0.2, -0.15) is 0 Å². The molecule has 0 aliphatic carbocycles. The Kier molecular flexibility index (Phi) is 12.5. The summed E-state index contributed by atoms with van der Waals surface area (Å²) in [5.41, 5.74) is 6.15. The van der Waals surface area contributed by atoms with Crippen LogP contribution in [0.3, 0.4) is 0 Å². The molecule has 1 N–H and O–H groups in total. The zero-order valence-electron chi connectivity index (χ0n) is 22.9. The molecule has 2 nitrogen and oxygen atoms in total. The van der Waals surface area contributed by atoms with Crippen LogP contribution in [0.2, 0.25) is 18.1 Å². The molecule has 1 aliphatic rings. The lowest BCUT2D eigenvalue weighted by Crippen LogP contribution is -2.34. The van der Waals surface area contributed by atoms with Crippen LogP contribution in [0.1, 0.15) is 100 Å². The van der Waals surface area contributed by atoms with Gasteiger partial charge in [0.2, 0.25) is 5.91 Å². The van der Waals surface area contributed by atoms with Crippen LogP contribution in [0.4, 0.5) is 0 Å². The predicted octanol–water partition coefficient (Wildman–Crippen LogP) is 9.26. The molecule has 2 aromatic carbocycles. The van der Waals surface area contributed by atoms with E-state index in [1.807, 2.05) is 12.1 Å². The van der Waals surface area contributed by atoms with Crippen molar-refractivity contribution in [3.63, 3.8) is 0 Å². The Morgan fingerprint density at radius 2 is 1.44 bits per heavy atom. The molecule has 3 heteroatoms. The fourth-order valence-electron chi connectivity index (χ4n) is 5.72. The number of benzene rings is 2. The molecule has 0 aromatic heterocycles. The highest BCUT2D eigenvalue weighted by molar-refractivity contribution is 6.84. The third kappa shape index (κ3) is 10.1. The van der Waals surface area contributed by atoms with E-state index >= 15 is 0 Å². The van der Waals surface area contributed by atoms with Crippen LogP contribution in [0.25, 0.3) is 0 Å². The van der Waals surface area contributed by atoms with Gasteiger partial charge in [0.1, 0.15) is 0 Å².